The molecule has 0 saturated carbocycles. The highest BCUT2D eigenvalue weighted by molar-refractivity contribution is 6.07. The first-order valence-electron chi connectivity index (χ1n) is 11.5. The van der Waals surface area contributed by atoms with Crippen LogP contribution in [0.2, 0.25) is 0 Å². The number of carbonyl (C=O) groups excluding carboxylic acids is 1. The lowest BCUT2D eigenvalue weighted by Gasteiger charge is -2.24. The van der Waals surface area contributed by atoms with E-state index in [1.165, 1.54) is 5.56 Å². The van der Waals surface area contributed by atoms with Gasteiger partial charge in [0.05, 0.1) is 0 Å². The van der Waals surface area contributed by atoms with Crippen LogP contribution in [-0.4, -0.2) is 36.5 Å². The van der Waals surface area contributed by atoms with Gasteiger partial charge in [-0.3, -0.25) is 4.79 Å². The number of hydrogen-bond donors (Lipinski definition) is 1. The van der Waals surface area contributed by atoms with Crippen LogP contribution in [0.25, 0.3) is 10.8 Å². The topological polar surface area (TPSA) is 41.6 Å². The highest BCUT2D eigenvalue weighted by atomic mass is 16.5. The second-order valence-electron chi connectivity index (χ2n) is 8.49. The number of hydrogen-bond acceptors (Lipinski definition) is 3. The van der Waals surface area contributed by atoms with E-state index in [9.17, 15) is 4.79 Å². The molecule has 1 aliphatic rings. The molecule has 4 nitrogen and oxygen atoms in total. The molecule has 1 unspecified atom stereocenters. The standard InChI is InChI=1S/C29H28N2O2/c32-29(27-15-8-13-23-11-4-6-14-26(23)27)31(21-22-9-2-1-3-10-22)18-17-30-20-25-19-24-12-5-7-16-28(24)33-25/h1-16,25,30H,17-21H2. The summed E-state index contributed by atoms with van der Waals surface area (Å²) in [5, 5.41) is 5.58. The van der Waals surface area contributed by atoms with Crippen LogP contribution >= 0.6 is 0 Å². The molecule has 1 atom stereocenters. The highest BCUT2D eigenvalue weighted by Crippen LogP contribution is 2.27. The summed E-state index contributed by atoms with van der Waals surface area (Å²) in [5.41, 5.74) is 3.14. The Morgan fingerprint density at radius 2 is 1.64 bits per heavy atom. The average molecular weight is 437 g/mol. The molecule has 166 valence electrons. The second-order valence-corrected chi connectivity index (χ2v) is 8.49. The normalized spacial score (nSPS) is 14.6. The van der Waals surface area contributed by atoms with Crippen molar-refractivity contribution in [1.82, 2.24) is 10.2 Å². The maximum atomic E-state index is 13.6. The van der Waals surface area contributed by atoms with Gasteiger partial charge in [0.1, 0.15) is 11.9 Å². The smallest absolute Gasteiger partial charge is 0.254 e. The highest BCUT2D eigenvalue weighted by Gasteiger charge is 2.22. The van der Waals surface area contributed by atoms with Gasteiger partial charge in [0.2, 0.25) is 0 Å². The quantitative estimate of drug-likeness (QED) is 0.392. The zero-order valence-corrected chi connectivity index (χ0v) is 18.6. The van der Waals surface area contributed by atoms with Gasteiger partial charge in [0.25, 0.3) is 5.91 Å². The second kappa shape index (κ2) is 9.88. The third-order valence-electron chi connectivity index (χ3n) is 6.17. The fraction of sp³-hybridized carbons (Fsp3) is 0.207. The number of carbonyl (C=O) groups is 1. The summed E-state index contributed by atoms with van der Waals surface area (Å²) in [5.74, 6) is 1.04. The first-order chi connectivity index (χ1) is 16.3. The number of nitrogens with one attached hydrogen (secondary N) is 1. The van der Waals surface area contributed by atoms with Crippen LogP contribution in [0.3, 0.4) is 0 Å². The summed E-state index contributed by atoms with van der Waals surface area (Å²) in [7, 11) is 0. The summed E-state index contributed by atoms with van der Waals surface area (Å²) in [6, 6.07) is 32.4. The molecule has 1 N–H and O–H groups in total. The van der Waals surface area contributed by atoms with E-state index in [4.69, 9.17) is 4.74 Å². The molecule has 0 aromatic heterocycles. The van der Waals surface area contributed by atoms with Crippen LogP contribution in [0.15, 0.2) is 97.1 Å². The Hall–Kier alpha value is -3.63. The summed E-state index contributed by atoms with van der Waals surface area (Å²) in [6.45, 7) is 2.67. The molecule has 0 saturated heterocycles. The van der Waals surface area contributed by atoms with Crippen molar-refractivity contribution in [1.29, 1.82) is 0 Å². The molecule has 0 aliphatic carbocycles. The first-order valence-corrected chi connectivity index (χ1v) is 11.5. The van der Waals surface area contributed by atoms with Gasteiger partial charge in [-0.2, -0.15) is 0 Å². The molecular weight excluding hydrogens is 408 g/mol. The fourth-order valence-electron chi connectivity index (χ4n) is 4.48. The van der Waals surface area contributed by atoms with Crippen molar-refractivity contribution >= 4 is 16.7 Å². The molecule has 4 aromatic rings. The number of nitrogens with zero attached hydrogens (tertiary/aromatic N) is 1. The van der Waals surface area contributed by atoms with Gasteiger partial charge in [-0.15, -0.1) is 0 Å². The van der Waals surface area contributed by atoms with E-state index in [0.29, 0.717) is 19.6 Å². The van der Waals surface area contributed by atoms with E-state index < -0.39 is 0 Å². The van der Waals surface area contributed by atoms with Gasteiger partial charge in [-0.1, -0.05) is 84.9 Å². The summed E-state index contributed by atoms with van der Waals surface area (Å²) in [6.07, 6.45) is 1.06. The van der Waals surface area contributed by atoms with Crippen molar-refractivity contribution in [2.24, 2.45) is 0 Å². The Kier molecular flexibility index (Phi) is 6.36. The van der Waals surface area contributed by atoms with Crippen LogP contribution in [0.1, 0.15) is 21.5 Å². The summed E-state index contributed by atoms with van der Waals surface area (Å²) in [4.78, 5) is 15.6. The number of para-hydroxylation sites is 1. The fourth-order valence-corrected chi connectivity index (χ4v) is 4.48. The minimum absolute atomic E-state index is 0.0574. The molecule has 4 aromatic carbocycles. The number of fused-ring (bicyclic) bond motifs is 2. The molecule has 0 spiro atoms. The zero-order valence-electron chi connectivity index (χ0n) is 18.6. The molecular formula is C29H28N2O2. The SMILES string of the molecule is O=C(c1cccc2ccccc12)N(CCNCC1Cc2ccccc2O1)Cc1ccccc1. The summed E-state index contributed by atoms with van der Waals surface area (Å²) >= 11 is 0. The lowest BCUT2D eigenvalue weighted by atomic mass is 10.0. The Labute approximate surface area is 194 Å². The largest absolute Gasteiger partial charge is 0.488 e. The van der Waals surface area contributed by atoms with Gasteiger partial charge in [-0.05, 0) is 34.0 Å². The molecule has 1 aliphatic heterocycles. The van der Waals surface area contributed by atoms with Gasteiger partial charge < -0.3 is 15.0 Å². The summed E-state index contributed by atoms with van der Waals surface area (Å²) < 4.78 is 6.03. The molecule has 5 rings (SSSR count). The number of ether oxygens (including phenoxy) is 1. The van der Waals surface area contributed by atoms with Crippen molar-refractivity contribution < 1.29 is 9.53 Å². The van der Waals surface area contributed by atoms with Gasteiger partial charge >= 0.3 is 0 Å². The Balaban J connectivity index is 1.26. The number of rotatable bonds is 8. The zero-order chi connectivity index (χ0) is 22.5. The van der Waals surface area contributed by atoms with Crippen LogP contribution in [0, 0.1) is 0 Å². The van der Waals surface area contributed by atoms with Crippen molar-refractivity contribution in [2.75, 3.05) is 19.6 Å². The first kappa shape index (κ1) is 21.2. The van der Waals surface area contributed by atoms with E-state index in [-0.39, 0.29) is 12.0 Å². The molecule has 1 amide bonds. The van der Waals surface area contributed by atoms with Crippen molar-refractivity contribution in [3.8, 4) is 5.75 Å². The van der Waals surface area contributed by atoms with E-state index in [1.54, 1.807) is 0 Å². The third kappa shape index (κ3) is 4.91. The van der Waals surface area contributed by atoms with Crippen LogP contribution in [-0.2, 0) is 13.0 Å². The van der Waals surface area contributed by atoms with Crippen molar-refractivity contribution in [3.63, 3.8) is 0 Å². The van der Waals surface area contributed by atoms with E-state index >= 15 is 0 Å². The van der Waals surface area contributed by atoms with Gasteiger partial charge in [0, 0.05) is 38.2 Å². The lowest BCUT2D eigenvalue weighted by Crippen LogP contribution is -2.39. The number of benzene rings is 4. The minimum Gasteiger partial charge on any atom is -0.488 e. The van der Waals surface area contributed by atoms with Crippen LogP contribution in [0.4, 0.5) is 0 Å². The van der Waals surface area contributed by atoms with Gasteiger partial charge in [0.15, 0.2) is 0 Å². The maximum absolute atomic E-state index is 13.6. The lowest BCUT2D eigenvalue weighted by molar-refractivity contribution is 0.0745. The minimum atomic E-state index is 0.0574. The van der Waals surface area contributed by atoms with Crippen molar-refractivity contribution in [3.05, 3.63) is 114 Å². The molecule has 33 heavy (non-hydrogen) atoms. The Morgan fingerprint density at radius 1 is 0.879 bits per heavy atom. The Bertz CT molecular complexity index is 1210. The maximum Gasteiger partial charge on any atom is 0.254 e. The molecule has 0 radical (unpaired) electrons. The number of amides is 1. The molecule has 0 fully saturated rings. The molecule has 4 heteroatoms. The van der Waals surface area contributed by atoms with Crippen LogP contribution < -0.4 is 10.1 Å². The van der Waals surface area contributed by atoms with Crippen molar-refractivity contribution in [2.45, 2.75) is 19.1 Å². The van der Waals surface area contributed by atoms with E-state index in [2.05, 4.69) is 41.7 Å². The third-order valence-corrected chi connectivity index (χ3v) is 6.17. The van der Waals surface area contributed by atoms with Gasteiger partial charge in [-0.25, -0.2) is 0 Å². The van der Waals surface area contributed by atoms with Crippen LogP contribution in [0.5, 0.6) is 5.75 Å². The average Bonchev–Trinajstić information content (AvgIpc) is 3.29. The molecule has 1 heterocycles. The monoisotopic (exact) mass is 436 g/mol. The predicted molar refractivity (Wildman–Crippen MR) is 133 cm³/mol. The van der Waals surface area contributed by atoms with E-state index in [0.717, 1.165) is 40.6 Å². The molecule has 0 bridgehead atoms. The predicted octanol–water partition coefficient (Wildman–Crippen LogP) is 5.08. The van der Waals surface area contributed by atoms with E-state index in [1.807, 2.05) is 65.6 Å². The Morgan fingerprint density at radius 3 is 2.52 bits per heavy atom.